The minimum atomic E-state index is -0.406. The van der Waals surface area contributed by atoms with E-state index in [2.05, 4.69) is 18.7 Å². The number of anilines is 1. The molecule has 1 heterocycles. The van der Waals surface area contributed by atoms with Gasteiger partial charge in [-0.1, -0.05) is 19.9 Å². The van der Waals surface area contributed by atoms with Crippen molar-refractivity contribution in [3.8, 4) is 0 Å². The molecule has 3 nitrogen and oxygen atoms in total. The largest absolute Gasteiger partial charge is 0.384 e. The maximum Gasteiger partial charge on any atom is 0.136 e. The fourth-order valence-electron chi connectivity index (χ4n) is 2.85. The number of benzene rings is 1. The van der Waals surface area contributed by atoms with E-state index in [1.807, 2.05) is 6.07 Å². The van der Waals surface area contributed by atoms with Gasteiger partial charge >= 0.3 is 0 Å². The average Bonchev–Trinajstić information content (AvgIpc) is 2.38. The minimum absolute atomic E-state index is 0.195. The number of hydrogen-bond acceptors (Lipinski definition) is 2. The Morgan fingerprint density at radius 3 is 2.53 bits per heavy atom. The number of piperidine rings is 1. The molecule has 0 aliphatic carbocycles. The smallest absolute Gasteiger partial charge is 0.136 e. The molecule has 2 rings (SSSR count). The highest BCUT2D eigenvalue weighted by atomic mass is 19.1. The SMILES string of the molecule is CC(C)C1CCN(c2cccc(F)c2C(=N)N)CC1. The van der Waals surface area contributed by atoms with Crippen molar-refractivity contribution in [3.05, 3.63) is 29.6 Å². The minimum Gasteiger partial charge on any atom is -0.384 e. The Hall–Kier alpha value is -1.58. The molecule has 0 radical (unpaired) electrons. The molecule has 3 N–H and O–H groups in total. The van der Waals surface area contributed by atoms with Gasteiger partial charge < -0.3 is 10.6 Å². The zero-order valence-electron chi connectivity index (χ0n) is 11.6. The summed E-state index contributed by atoms with van der Waals surface area (Å²) in [6.07, 6.45) is 2.23. The zero-order valence-corrected chi connectivity index (χ0v) is 11.6. The number of nitrogens with two attached hydrogens (primary N) is 1. The Morgan fingerprint density at radius 2 is 2.00 bits per heavy atom. The van der Waals surface area contributed by atoms with E-state index in [0.717, 1.165) is 37.5 Å². The highest BCUT2D eigenvalue weighted by molar-refractivity contribution is 6.00. The van der Waals surface area contributed by atoms with E-state index in [-0.39, 0.29) is 11.4 Å². The molecule has 0 saturated carbocycles. The number of nitrogens with one attached hydrogen (secondary N) is 1. The van der Waals surface area contributed by atoms with Gasteiger partial charge in [0.2, 0.25) is 0 Å². The molecule has 104 valence electrons. The predicted molar refractivity (Wildman–Crippen MR) is 77.2 cm³/mol. The van der Waals surface area contributed by atoms with E-state index < -0.39 is 5.82 Å². The third-order valence-electron chi connectivity index (χ3n) is 4.08. The van der Waals surface area contributed by atoms with Crippen LogP contribution < -0.4 is 10.6 Å². The number of halogens is 1. The lowest BCUT2D eigenvalue weighted by Crippen LogP contribution is -2.36. The molecule has 1 aliphatic heterocycles. The van der Waals surface area contributed by atoms with Gasteiger partial charge in [-0.3, -0.25) is 5.41 Å². The number of amidine groups is 1. The monoisotopic (exact) mass is 263 g/mol. The summed E-state index contributed by atoms with van der Waals surface area (Å²) >= 11 is 0. The zero-order chi connectivity index (χ0) is 14.0. The topological polar surface area (TPSA) is 53.1 Å². The van der Waals surface area contributed by atoms with E-state index in [4.69, 9.17) is 11.1 Å². The first-order chi connectivity index (χ1) is 9.00. The molecular formula is C15H22FN3. The highest BCUT2D eigenvalue weighted by Gasteiger charge is 2.24. The van der Waals surface area contributed by atoms with Crippen molar-refractivity contribution in [3.63, 3.8) is 0 Å². The molecule has 4 heteroatoms. The quantitative estimate of drug-likeness (QED) is 0.650. The second-order valence-corrected chi connectivity index (χ2v) is 5.62. The van der Waals surface area contributed by atoms with Crippen molar-refractivity contribution in [1.82, 2.24) is 0 Å². The summed E-state index contributed by atoms with van der Waals surface area (Å²) < 4.78 is 13.8. The van der Waals surface area contributed by atoms with Gasteiger partial charge in [-0.2, -0.15) is 0 Å². The Balaban J connectivity index is 2.20. The predicted octanol–water partition coefficient (Wildman–Crippen LogP) is 2.98. The van der Waals surface area contributed by atoms with E-state index >= 15 is 0 Å². The van der Waals surface area contributed by atoms with Crippen molar-refractivity contribution in [2.75, 3.05) is 18.0 Å². The van der Waals surface area contributed by atoms with Gasteiger partial charge in [0.15, 0.2) is 0 Å². The van der Waals surface area contributed by atoms with Gasteiger partial charge in [-0.15, -0.1) is 0 Å². The Labute approximate surface area is 114 Å². The second-order valence-electron chi connectivity index (χ2n) is 5.62. The third-order valence-corrected chi connectivity index (χ3v) is 4.08. The lowest BCUT2D eigenvalue weighted by molar-refractivity contribution is 0.311. The molecule has 0 unspecified atom stereocenters. The Morgan fingerprint density at radius 1 is 1.37 bits per heavy atom. The number of nitrogens with zero attached hydrogens (tertiary/aromatic N) is 1. The molecule has 1 saturated heterocycles. The molecule has 1 aromatic carbocycles. The summed E-state index contributed by atoms with van der Waals surface area (Å²) in [6, 6.07) is 4.91. The summed E-state index contributed by atoms with van der Waals surface area (Å²) in [5.41, 5.74) is 6.51. The number of rotatable bonds is 3. The number of nitrogen functional groups attached to an aromatic ring is 1. The maximum atomic E-state index is 13.8. The summed E-state index contributed by atoms with van der Waals surface area (Å²) in [5, 5.41) is 7.55. The van der Waals surface area contributed by atoms with Gasteiger partial charge in [0, 0.05) is 13.1 Å². The molecule has 1 aliphatic rings. The van der Waals surface area contributed by atoms with Crippen molar-refractivity contribution >= 4 is 11.5 Å². The van der Waals surface area contributed by atoms with Crippen molar-refractivity contribution in [1.29, 1.82) is 5.41 Å². The fourth-order valence-corrected chi connectivity index (χ4v) is 2.85. The highest BCUT2D eigenvalue weighted by Crippen LogP contribution is 2.30. The van der Waals surface area contributed by atoms with Gasteiger partial charge in [0.05, 0.1) is 11.3 Å². The summed E-state index contributed by atoms with van der Waals surface area (Å²) in [6.45, 7) is 6.33. The van der Waals surface area contributed by atoms with Gasteiger partial charge in [0.1, 0.15) is 11.7 Å². The summed E-state index contributed by atoms with van der Waals surface area (Å²) in [4.78, 5) is 2.15. The van der Waals surface area contributed by atoms with Crippen molar-refractivity contribution < 1.29 is 4.39 Å². The van der Waals surface area contributed by atoms with Crippen molar-refractivity contribution in [2.24, 2.45) is 17.6 Å². The summed E-state index contributed by atoms with van der Waals surface area (Å²) in [5.74, 6) is 0.836. The van der Waals surface area contributed by atoms with Gasteiger partial charge in [-0.25, -0.2) is 4.39 Å². The first kappa shape index (κ1) is 13.8. The molecular weight excluding hydrogens is 241 g/mol. The molecule has 0 atom stereocenters. The molecule has 0 spiro atoms. The van der Waals surface area contributed by atoms with Crippen LogP contribution in [0.3, 0.4) is 0 Å². The van der Waals surface area contributed by atoms with E-state index in [1.54, 1.807) is 6.07 Å². The molecule has 0 aromatic heterocycles. The standard InChI is InChI=1S/C15H22FN3/c1-10(2)11-6-8-19(9-7-11)13-5-3-4-12(16)14(13)15(17)18/h3-5,10-11H,6-9H2,1-2H3,(H3,17,18). The van der Waals surface area contributed by atoms with Crippen LogP contribution in [0.4, 0.5) is 10.1 Å². The van der Waals surface area contributed by atoms with Gasteiger partial charge in [0.25, 0.3) is 0 Å². The van der Waals surface area contributed by atoms with Crippen LogP contribution in [-0.2, 0) is 0 Å². The van der Waals surface area contributed by atoms with Crippen LogP contribution in [0.25, 0.3) is 0 Å². The van der Waals surface area contributed by atoms with Crippen LogP contribution in [0.15, 0.2) is 18.2 Å². The van der Waals surface area contributed by atoms with Gasteiger partial charge in [-0.05, 0) is 36.8 Å². The van der Waals surface area contributed by atoms with Crippen LogP contribution in [0.5, 0.6) is 0 Å². The van der Waals surface area contributed by atoms with Crippen molar-refractivity contribution in [2.45, 2.75) is 26.7 Å². The normalized spacial score (nSPS) is 16.9. The fraction of sp³-hybridized carbons (Fsp3) is 0.533. The van der Waals surface area contributed by atoms with Crippen LogP contribution in [-0.4, -0.2) is 18.9 Å². The first-order valence-electron chi connectivity index (χ1n) is 6.88. The Bertz CT molecular complexity index is 462. The van der Waals surface area contributed by atoms with Crippen LogP contribution >= 0.6 is 0 Å². The van der Waals surface area contributed by atoms with E-state index in [9.17, 15) is 4.39 Å². The maximum absolute atomic E-state index is 13.8. The second kappa shape index (κ2) is 5.59. The summed E-state index contributed by atoms with van der Waals surface area (Å²) in [7, 11) is 0. The van der Waals surface area contributed by atoms with Crippen LogP contribution in [0.1, 0.15) is 32.3 Å². The Kier molecular flexibility index (Phi) is 4.08. The lowest BCUT2D eigenvalue weighted by atomic mass is 9.86. The van der Waals surface area contributed by atoms with Crippen LogP contribution in [0.2, 0.25) is 0 Å². The molecule has 1 aromatic rings. The van der Waals surface area contributed by atoms with Crippen LogP contribution in [0, 0.1) is 23.1 Å². The molecule has 19 heavy (non-hydrogen) atoms. The van der Waals surface area contributed by atoms with E-state index in [0.29, 0.717) is 5.92 Å². The molecule has 0 bridgehead atoms. The number of hydrogen-bond donors (Lipinski definition) is 2. The first-order valence-corrected chi connectivity index (χ1v) is 6.88. The lowest BCUT2D eigenvalue weighted by Gasteiger charge is -2.36. The molecule has 1 fully saturated rings. The third kappa shape index (κ3) is 2.88. The van der Waals surface area contributed by atoms with E-state index in [1.165, 1.54) is 6.07 Å². The average molecular weight is 263 g/mol. The molecule has 0 amide bonds.